The van der Waals surface area contributed by atoms with Crippen LogP contribution in [0.15, 0.2) is 71.9 Å². The molecule has 3 aromatic rings. The number of hydrogen-bond donors (Lipinski definition) is 0. The zero-order valence-electron chi connectivity index (χ0n) is 17.8. The zero-order chi connectivity index (χ0) is 23.4. The molecule has 4 rings (SSSR count). The minimum Gasteiger partial charge on any atom is -0.339 e. The number of nitrogens with zero attached hydrogens (tertiary/aromatic N) is 3. The maximum Gasteiger partial charge on any atom is 0.264 e. The van der Waals surface area contributed by atoms with Gasteiger partial charge in [-0.25, -0.2) is 12.8 Å². The number of aromatic nitrogens is 1. The maximum absolute atomic E-state index is 13.6. The maximum atomic E-state index is 13.6. The van der Waals surface area contributed by atoms with E-state index in [0.29, 0.717) is 29.2 Å². The molecule has 0 N–H and O–H groups in total. The summed E-state index contributed by atoms with van der Waals surface area (Å²) in [5.74, 6) is -0.705. The van der Waals surface area contributed by atoms with Crippen molar-refractivity contribution < 1.29 is 17.6 Å². The van der Waals surface area contributed by atoms with Gasteiger partial charge < -0.3 is 4.90 Å². The lowest BCUT2D eigenvalue weighted by Gasteiger charge is -2.28. The molecule has 0 unspecified atom stereocenters. The standard InChI is InChI=1S/C24H23ClFN3O3S/c25-20-6-4-18(5-7-20)17-29(33(31,32)23-10-8-21(26)9-11-23)22-14-19(15-27-16-22)24(30)28-12-2-1-3-13-28/h4-11,14-16H,1-3,12-13,17H2. The predicted octanol–water partition coefficient (Wildman–Crippen LogP) is 4.90. The van der Waals surface area contributed by atoms with Crippen molar-refractivity contribution in [1.29, 1.82) is 0 Å². The van der Waals surface area contributed by atoms with Crippen LogP contribution in [-0.4, -0.2) is 37.3 Å². The molecule has 1 fully saturated rings. The second-order valence-corrected chi connectivity index (χ2v) is 10.2. The fraction of sp³-hybridized carbons (Fsp3) is 0.250. The molecule has 1 amide bonds. The quantitative estimate of drug-likeness (QED) is 0.496. The molecule has 172 valence electrons. The third kappa shape index (κ3) is 5.34. The molecule has 1 aliphatic rings. The second kappa shape index (κ2) is 9.89. The van der Waals surface area contributed by atoms with Crippen molar-refractivity contribution in [2.45, 2.75) is 30.7 Å². The van der Waals surface area contributed by atoms with E-state index in [9.17, 15) is 17.6 Å². The molecular weight excluding hydrogens is 465 g/mol. The predicted molar refractivity (Wildman–Crippen MR) is 125 cm³/mol. The van der Waals surface area contributed by atoms with Crippen LogP contribution in [-0.2, 0) is 16.6 Å². The highest BCUT2D eigenvalue weighted by molar-refractivity contribution is 7.92. The minimum atomic E-state index is -4.08. The average molecular weight is 488 g/mol. The molecule has 33 heavy (non-hydrogen) atoms. The second-order valence-electron chi connectivity index (χ2n) is 7.88. The molecule has 1 saturated heterocycles. The number of benzene rings is 2. The summed E-state index contributed by atoms with van der Waals surface area (Å²) >= 11 is 5.98. The highest BCUT2D eigenvalue weighted by Crippen LogP contribution is 2.27. The van der Waals surface area contributed by atoms with Crippen LogP contribution in [0.25, 0.3) is 0 Å². The number of hydrogen-bond acceptors (Lipinski definition) is 4. The number of amides is 1. The van der Waals surface area contributed by atoms with Crippen molar-refractivity contribution >= 4 is 33.2 Å². The summed E-state index contributed by atoms with van der Waals surface area (Å²) in [6, 6.07) is 13.0. The number of halogens is 2. The van der Waals surface area contributed by atoms with Gasteiger partial charge in [-0.15, -0.1) is 0 Å². The van der Waals surface area contributed by atoms with Crippen LogP contribution in [0.4, 0.5) is 10.1 Å². The minimum absolute atomic E-state index is 0.0140. The van der Waals surface area contributed by atoms with Crippen molar-refractivity contribution in [3.05, 3.63) is 89.0 Å². The number of likely N-dealkylation sites (tertiary alicyclic amines) is 1. The Balaban J connectivity index is 1.73. The molecule has 2 aromatic carbocycles. The average Bonchev–Trinajstić information content (AvgIpc) is 2.84. The van der Waals surface area contributed by atoms with Crippen molar-refractivity contribution in [2.75, 3.05) is 17.4 Å². The Bertz CT molecular complexity index is 1230. The lowest BCUT2D eigenvalue weighted by molar-refractivity contribution is 0.0724. The molecular formula is C24H23ClFN3O3S. The normalized spacial score (nSPS) is 14.2. The largest absolute Gasteiger partial charge is 0.339 e. The molecule has 0 spiro atoms. The summed E-state index contributed by atoms with van der Waals surface area (Å²) < 4.78 is 41.7. The van der Waals surface area contributed by atoms with Crippen LogP contribution in [0.3, 0.4) is 0 Å². The molecule has 1 aromatic heterocycles. The smallest absolute Gasteiger partial charge is 0.264 e. The first-order valence-electron chi connectivity index (χ1n) is 10.6. The highest BCUT2D eigenvalue weighted by Gasteiger charge is 2.27. The lowest BCUT2D eigenvalue weighted by Crippen LogP contribution is -2.36. The van der Waals surface area contributed by atoms with Gasteiger partial charge >= 0.3 is 0 Å². The number of carbonyl (C=O) groups is 1. The summed E-state index contributed by atoms with van der Waals surface area (Å²) in [5, 5.41) is 0.530. The summed E-state index contributed by atoms with van der Waals surface area (Å²) in [5.41, 5.74) is 1.26. The van der Waals surface area contributed by atoms with E-state index in [0.717, 1.165) is 31.4 Å². The number of sulfonamides is 1. The van der Waals surface area contributed by atoms with Crippen LogP contribution in [0, 0.1) is 5.82 Å². The molecule has 0 bridgehead atoms. The Morgan fingerprint density at radius 2 is 1.67 bits per heavy atom. The van der Waals surface area contributed by atoms with E-state index in [4.69, 9.17) is 11.6 Å². The van der Waals surface area contributed by atoms with E-state index in [1.54, 1.807) is 35.2 Å². The first-order valence-corrected chi connectivity index (χ1v) is 12.4. The van der Waals surface area contributed by atoms with Crippen molar-refractivity contribution in [3.63, 3.8) is 0 Å². The first-order chi connectivity index (χ1) is 15.8. The lowest BCUT2D eigenvalue weighted by atomic mass is 10.1. The van der Waals surface area contributed by atoms with E-state index >= 15 is 0 Å². The van der Waals surface area contributed by atoms with Crippen molar-refractivity contribution in [1.82, 2.24) is 9.88 Å². The van der Waals surface area contributed by atoms with Gasteiger partial charge in [0.2, 0.25) is 0 Å². The topological polar surface area (TPSA) is 70.6 Å². The van der Waals surface area contributed by atoms with Gasteiger partial charge in [-0.05, 0) is 67.3 Å². The van der Waals surface area contributed by atoms with Gasteiger partial charge in [0, 0.05) is 24.3 Å². The van der Waals surface area contributed by atoms with Gasteiger partial charge in [-0.1, -0.05) is 23.7 Å². The summed E-state index contributed by atoms with van der Waals surface area (Å²) in [7, 11) is -4.08. The summed E-state index contributed by atoms with van der Waals surface area (Å²) in [4.78, 5) is 18.9. The van der Waals surface area contributed by atoms with Crippen LogP contribution >= 0.6 is 11.6 Å². The Hall–Kier alpha value is -2.97. The third-order valence-corrected chi connectivity index (χ3v) is 7.58. The van der Waals surface area contributed by atoms with Crippen LogP contribution in [0.1, 0.15) is 35.2 Å². The number of pyridine rings is 1. The number of anilines is 1. The van der Waals surface area contributed by atoms with Crippen molar-refractivity contribution in [3.8, 4) is 0 Å². The van der Waals surface area contributed by atoms with Gasteiger partial charge in [0.05, 0.1) is 28.9 Å². The Labute approximate surface area is 197 Å². The van der Waals surface area contributed by atoms with Gasteiger partial charge in [0.25, 0.3) is 15.9 Å². The summed E-state index contributed by atoms with van der Waals surface area (Å²) in [6.45, 7) is 1.33. The summed E-state index contributed by atoms with van der Waals surface area (Å²) in [6.07, 6.45) is 5.84. The van der Waals surface area contributed by atoms with Crippen LogP contribution in [0.5, 0.6) is 0 Å². The van der Waals surface area contributed by atoms with Crippen LogP contribution < -0.4 is 4.31 Å². The van der Waals surface area contributed by atoms with Crippen molar-refractivity contribution in [2.24, 2.45) is 0 Å². The van der Waals surface area contributed by atoms with Gasteiger partial charge in [-0.3, -0.25) is 14.1 Å². The Kier molecular flexibility index (Phi) is 6.95. The van der Waals surface area contributed by atoms with E-state index in [-0.39, 0.29) is 23.0 Å². The van der Waals surface area contributed by atoms with E-state index in [2.05, 4.69) is 4.98 Å². The number of piperidine rings is 1. The Morgan fingerprint density at radius 3 is 2.33 bits per heavy atom. The van der Waals surface area contributed by atoms with E-state index < -0.39 is 15.8 Å². The highest BCUT2D eigenvalue weighted by atomic mass is 35.5. The van der Waals surface area contributed by atoms with Gasteiger partial charge in [0.1, 0.15) is 5.82 Å². The first kappa shape index (κ1) is 23.2. The molecule has 9 heteroatoms. The molecule has 2 heterocycles. The van der Waals surface area contributed by atoms with E-state index in [1.165, 1.54) is 28.8 Å². The third-order valence-electron chi connectivity index (χ3n) is 5.54. The molecule has 0 saturated carbocycles. The van der Waals surface area contributed by atoms with Gasteiger partial charge in [-0.2, -0.15) is 0 Å². The molecule has 6 nitrogen and oxygen atoms in total. The molecule has 1 aliphatic heterocycles. The Morgan fingerprint density at radius 1 is 1.00 bits per heavy atom. The van der Waals surface area contributed by atoms with Gasteiger partial charge in [0.15, 0.2) is 0 Å². The van der Waals surface area contributed by atoms with Crippen LogP contribution in [0.2, 0.25) is 5.02 Å². The fourth-order valence-corrected chi connectivity index (χ4v) is 5.32. The number of carbonyl (C=O) groups excluding carboxylic acids is 1. The monoisotopic (exact) mass is 487 g/mol. The SMILES string of the molecule is O=C(c1cncc(N(Cc2ccc(Cl)cc2)S(=O)(=O)c2ccc(F)cc2)c1)N1CCCCC1. The van der Waals surface area contributed by atoms with E-state index in [1.807, 2.05) is 0 Å². The fourth-order valence-electron chi connectivity index (χ4n) is 3.77. The zero-order valence-corrected chi connectivity index (χ0v) is 19.4. The number of rotatable bonds is 6. The molecule has 0 atom stereocenters. The molecule has 0 aliphatic carbocycles. The molecule has 0 radical (unpaired) electrons.